The normalized spacial score (nSPS) is 13.4. The van der Waals surface area contributed by atoms with Crippen LogP contribution in [0.1, 0.15) is 18.5 Å². The van der Waals surface area contributed by atoms with Crippen molar-refractivity contribution < 1.29 is 12.8 Å². The molecule has 0 amide bonds. The van der Waals surface area contributed by atoms with Gasteiger partial charge in [0.05, 0.1) is 0 Å². The lowest BCUT2D eigenvalue weighted by atomic mass is 10.2. The average molecular weight is 300 g/mol. The first-order valence-electron chi connectivity index (χ1n) is 5.49. The third kappa shape index (κ3) is 3.12. The van der Waals surface area contributed by atoms with Crippen molar-refractivity contribution in [3.63, 3.8) is 0 Å². The van der Waals surface area contributed by atoms with Crippen LogP contribution in [0.4, 0.5) is 10.1 Å². The molecule has 1 aromatic carbocycles. The summed E-state index contributed by atoms with van der Waals surface area (Å²) in [6.07, 6.45) is 0. The Morgan fingerprint density at radius 1 is 1.37 bits per heavy atom. The molecule has 0 bridgehead atoms. The molecule has 0 radical (unpaired) electrons. The first-order valence-corrected chi connectivity index (χ1v) is 7.92. The molecule has 102 valence electrons. The summed E-state index contributed by atoms with van der Waals surface area (Å²) >= 11 is 1.47. The van der Waals surface area contributed by atoms with Crippen LogP contribution in [0.3, 0.4) is 0 Å². The van der Waals surface area contributed by atoms with Crippen LogP contribution in [0.15, 0.2) is 39.9 Å². The predicted octanol–water partition coefficient (Wildman–Crippen LogP) is 2.51. The molecule has 0 aliphatic rings. The predicted molar refractivity (Wildman–Crippen MR) is 73.9 cm³/mol. The van der Waals surface area contributed by atoms with E-state index in [1.54, 1.807) is 6.92 Å². The highest BCUT2D eigenvalue weighted by molar-refractivity contribution is 7.89. The second-order valence-electron chi connectivity index (χ2n) is 4.09. The molecule has 2 aromatic rings. The largest absolute Gasteiger partial charge is 0.399 e. The molecule has 0 saturated heterocycles. The summed E-state index contributed by atoms with van der Waals surface area (Å²) < 4.78 is 40.2. The van der Waals surface area contributed by atoms with Crippen LogP contribution in [0, 0.1) is 5.82 Å². The molecule has 1 unspecified atom stereocenters. The molecule has 3 N–H and O–H groups in total. The second kappa shape index (κ2) is 5.28. The van der Waals surface area contributed by atoms with E-state index in [9.17, 15) is 12.8 Å². The van der Waals surface area contributed by atoms with E-state index in [1.807, 2.05) is 16.8 Å². The molecule has 0 spiro atoms. The second-order valence-corrected chi connectivity index (χ2v) is 6.55. The fourth-order valence-electron chi connectivity index (χ4n) is 1.62. The lowest BCUT2D eigenvalue weighted by Gasteiger charge is -2.13. The van der Waals surface area contributed by atoms with E-state index in [0.717, 1.165) is 17.7 Å². The van der Waals surface area contributed by atoms with E-state index in [2.05, 4.69) is 4.72 Å². The molecule has 19 heavy (non-hydrogen) atoms. The first kappa shape index (κ1) is 14.0. The number of thiophene rings is 1. The fourth-order valence-corrected chi connectivity index (χ4v) is 3.67. The van der Waals surface area contributed by atoms with Crippen LogP contribution in [0.2, 0.25) is 0 Å². The van der Waals surface area contributed by atoms with Gasteiger partial charge in [-0.1, -0.05) is 0 Å². The smallest absolute Gasteiger partial charge is 0.244 e. The Labute approximate surface area is 115 Å². The number of sulfonamides is 1. The highest BCUT2D eigenvalue weighted by Gasteiger charge is 2.22. The number of nitrogens with one attached hydrogen (secondary N) is 1. The van der Waals surface area contributed by atoms with Crippen molar-refractivity contribution in [2.45, 2.75) is 17.9 Å². The van der Waals surface area contributed by atoms with Gasteiger partial charge >= 0.3 is 0 Å². The zero-order chi connectivity index (χ0) is 14.0. The lowest BCUT2D eigenvalue weighted by Crippen LogP contribution is -2.27. The molecule has 0 aliphatic heterocycles. The van der Waals surface area contributed by atoms with Gasteiger partial charge in [0.15, 0.2) is 0 Å². The first-order chi connectivity index (χ1) is 8.90. The monoisotopic (exact) mass is 300 g/mol. The van der Waals surface area contributed by atoms with Crippen molar-refractivity contribution in [1.82, 2.24) is 4.72 Å². The molecule has 4 nitrogen and oxygen atoms in total. The van der Waals surface area contributed by atoms with Crippen LogP contribution in [-0.4, -0.2) is 8.42 Å². The Hall–Kier alpha value is -1.44. The van der Waals surface area contributed by atoms with E-state index < -0.39 is 26.8 Å². The molecule has 0 aliphatic carbocycles. The van der Waals surface area contributed by atoms with Crippen LogP contribution >= 0.6 is 11.3 Å². The van der Waals surface area contributed by atoms with E-state index in [4.69, 9.17) is 5.73 Å². The van der Waals surface area contributed by atoms with Gasteiger partial charge in [-0.15, -0.1) is 0 Å². The zero-order valence-electron chi connectivity index (χ0n) is 10.1. The molecular formula is C12H13FN2O2S2. The minimum Gasteiger partial charge on any atom is -0.399 e. The maximum atomic E-state index is 13.6. The number of nitrogens with two attached hydrogens (primary N) is 1. The van der Waals surface area contributed by atoms with Gasteiger partial charge in [0.1, 0.15) is 10.7 Å². The Kier molecular flexibility index (Phi) is 3.88. The number of hydrogen-bond donors (Lipinski definition) is 2. The van der Waals surface area contributed by atoms with Crippen molar-refractivity contribution in [3.8, 4) is 0 Å². The summed E-state index contributed by atoms with van der Waals surface area (Å²) in [4.78, 5) is -0.399. The molecule has 1 atom stereocenters. The molecule has 1 heterocycles. The molecule has 7 heteroatoms. The number of rotatable bonds is 4. The van der Waals surface area contributed by atoms with Gasteiger partial charge in [0.2, 0.25) is 10.0 Å². The quantitative estimate of drug-likeness (QED) is 0.852. The van der Waals surface area contributed by atoms with Crippen LogP contribution in [-0.2, 0) is 10.0 Å². The van der Waals surface area contributed by atoms with Gasteiger partial charge in [-0.2, -0.15) is 11.3 Å². The van der Waals surface area contributed by atoms with Crippen molar-refractivity contribution in [1.29, 1.82) is 0 Å². The van der Waals surface area contributed by atoms with Crippen LogP contribution < -0.4 is 10.5 Å². The molecular weight excluding hydrogens is 287 g/mol. The van der Waals surface area contributed by atoms with Crippen LogP contribution in [0.25, 0.3) is 0 Å². The topological polar surface area (TPSA) is 72.2 Å². The van der Waals surface area contributed by atoms with Gasteiger partial charge in [-0.3, -0.25) is 0 Å². The highest BCUT2D eigenvalue weighted by Crippen LogP contribution is 2.21. The summed E-state index contributed by atoms with van der Waals surface area (Å²) in [6, 6.07) is 4.90. The fraction of sp³-hybridized carbons (Fsp3) is 0.167. The molecule has 0 saturated carbocycles. The zero-order valence-corrected chi connectivity index (χ0v) is 11.8. The third-order valence-electron chi connectivity index (χ3n) is 2.62. The average Bonchev–Trinajstić information content (AvgIpc) is 2.80. The molecule has 2 rings (SSSR count). The Morgan fingerprint density at radius 3 is 2.68 bits per heavy atom. The van der Waals surface area contributed by atoms with E-state index in [-0.39, 0.29) is 5.69 Å². The van der Waals surface area contributed by atoms with Gasteiger partial charge in [-0.25, -0.2) is 17.5 Å². The summed E-state index contributed by atoms with van der Waals surface area (Å²) in [7, 11) is -3.91. The molecule has 0 fully saturated rings. The van der Waals surface area contributed by atoms with Gasteiger partial charge in [-0.05, 0) is 47.5 Å². The number of anilines is 1. The van der Waals surface area contributed by atoms with Crippen molar-refractivity contribution >= 4 is 27.0 Å². The summed E-state index contributed by atoms with van der Waals surface area (Å²) in [5.41, 5.74) is 6.42. The summed E-state index contributed by atoms with van der Waals surface area (Å²) in [6.45, 7) is 1.70. The third-order valence-corrected chi connectivity index (χ3v) is 4.90. The number of hydrogen-bond acceptors (Lipinski definition) is 4. The number of halogens is 1. The lowest BCUT2D eigenvalue weighted by molar-refractivity contribution is 0.547. The Morgan fingerprint density at radius 2 is 2.11 bits per heavy atom. The van der Waals surface area contributed by atoms with E-state index in [0.29, 0.717) is 0 Å². The number of benzene rings is 1. The van der Waals surface area contributed by atoms with Crippen molar-refractivity contribution in [3.05, 3.63) is 46.4 Å². The Balaban J connectivity index is 2.28. The minimum atomic E-state index is -3.91. The van der Waals surface area contributed by atoms with Gasteiger partial charge in [0, 0.05) is 11.7 Å². The highest BCUT2D eigenvalue weighted by atomic mass is 32.2. The van der Waals surface area contributed by atoms with E-state index >= 15 is 0 Å². The van der Waals surface area contributed by atoms with Crippen molar-refractivity contribution in [2.75, 3.05) is 5.73 Å². The molecule has 1 aromatic heterocycles. The van der Waals surface area contributed by atoms with Crippen LogP contribution in [0.5, 0.6) is 0 Å². The maximum Gasteiger partial charge on any atom is 0.244 e. The summed E-state index contributed by atoms with van der Waals surface area (Å²) in [5.74, 6) is -0.856. The van der Waals surface area contributed by atoms with Crippen molar-refractivity contribution in [2.24, 2.45) is 0 Å². The Bertz CT molecular complexity index is 669. The number of nitrogen functional groups attached to an aromatic ring is 1. The SMILES string of the molecule is CC(NS(=O)(=O)c1ccc(N)cc1F)c1ccsc1. The van der Waals surface area contributed by atoms with E-state index in [1.165, 1.54) is 17.4 Å². The maximum absolute atomic E-state index is 13.6. The van der Waals surface area contributed by atoms with Gasteiger partial charge < -0.3 is 5.73 Å². The summed E-state index contributed by atoms with van der Waals surface area (Å²) in [5, 5.41) is 3.69. The minimum absolute atomic E-state index is 0.183. The van der Waals surface area contributed by atoms with Gasteiger partial charge in [0.25, 0.3) is 0 Å². The standard InChI is InChI=1S/C12H13FN2O2S2/c1-8(9-4-5-18-7-9)15-19(16,17)12-3-2-10(14)6-11(12)13/h2-8,15H,14H2,1H3.